The van der Waals surface area contributed by atoms with Crippen molar-refractivity contribution in [2.45, 2.75) is 32.7 Å². The predicted octanol–water partition coefficient (Wildman–Crippen LogP) is 0.979. The Balaban J connectivity index is 2.52. The number of methoxy groups -OCH3 is 1. The molecule has 1 heterocycles. The van der Waals surface area contributed by atoms with Gasteiger partial charge in [0.2, 0.25) is 0 Å². The maximum atomic E-state index is 5.62. The van der Waals surface area contributed by atoms with Gasteiger partial charge in [-0.2, -0.15) is 0 Å². The van der Waals surface area contributed by atoms with E-state index in [0.717, 1.165) is 6.42 Å². The van der Waals surface area contributed by atoms with Crippen molar-refractivity contribution in [1.82, 2.24) is 0 Å². The second kappa shape index (κ2) is 4.21. The van der Waals surface area contributed by atoms with E-state index in [2.05, 4.69) is 13.8 Å². The zero-order valence-corrected chi connectivity index (χ0v) is 8.12. The molecule has 0 aromatic carbocycles. The number of nitrogens with two attached hydrogens (primary N) is 1. The molecule has 0 spiro atoms. The first kappa shape index (κ1) is 9.96. The second-order valence-electron chi connectivity index (χ2n) is 3.67. The van der Waals surface area contributed by atoms with Crippen molar-refractivity contribution in [3.05, 3.63) is 0 Å². The van der Waals surface area contributed by atoms with Crippen LogP contribution in [-0.2, 0) is 9.47 Å². The first-order valence-corrected chi connectivity index (χ1v) is 4.57. The molecule has 0 aromatic heterocycles. The molecule has 1 aliphatic rings. The average molecular weight is 173 g/mol. The van der Waals surface area contributed by atoms with E-state index in [0.29, 0.717) is 18.4 Å². The van der Waals surface area contributed by atoms with Gasteiger partial charge in [-0.3, -0.25) is 0 Å². The molecule has 2 unspecified atom stereocenters. The van der Waals surface area contributed by atoms with Crippen molar-refractivity contribution in [3.63, 3.8) is 0 Å². The molecule has 3 heteroatoms. The summed E-state index contributed by atoms with van der Waals surface area (Å²) in [6.45, 7) is 4.98. The molecule has 0 radical (unpaired) electrons. The summed E-state index contributed by atoms with van der Waals surface area (Å²) in [6, 6.07) is 0. The van der Waals surface area contributed by atoms with E-state index in [-0.39, 0.29) is 12.4 Å². The van der Waals surface area contributed by atoms with E-state index in [1.165, 1.54) is 0 Å². The zero-order valence-electron chi connectivity index (χ0n) is 8.12. The van der Waals surface area contributed by atoms with E-state index >= 15 is 0 Å². The smallest absolute Gasteiger partial charge is 0.160 e. The van der Waals surface area contributed by atoms with Crippen LogP contribution in [0.2, 0.25) is 0 Å². The second-order valence-corrected chi connectivity index (χ2v) is 3.67. The summed E-state index contributed by atoms with van der Waals surface area (Å²) < 4.78 is 10.8. The number of hydrogen-bond acceptors (Lipinski definition) is 3. The highest BCUT2D eigenvalue weighted by Crippen LogP contribution is 2.29. The Bertz CT molecular complexity index is 140. The van der Waals surface area contributed by atoms with Crippen molar-refractivity contribution < 1.29 is 9.47 Å². The monoisotopic (exact) mass is 173 g/mol. The normalized spacial score (nSPS) is 43.0. The summed E-state index contributed by atoms with van der Waals surface area (Å²) in [4.78, 5) is 0. The van der Waals surface area contributed by atoms with Crippen LogP contribution in [0.4, 0.5) is 0 Å². The standard InChI is InChI=1S/C9H19NO2/c1-6-4-8(5-10)12-9(11-3)7(6)2/h6-9H,4-5,10H2,1-3H3/t6-,7?,8?,9-/m0/s1. The topological polar surface area (TPSA) is 44.5 Å². The van der Waals surface area contributed by atoms with Gasteiger partial charge in [-0.05, 0) is 12.3 Å². The fraction of sp³-hybridized carbons (Fsp3) is 1.00. The molecule has 0 aliphatic carbocycles. The minimum atomic E-state index is -0.0673. The van der Waals surface area contributed by atoms with E-state index in [1.54, 1.807) is 7.11 Å². The third kappa shape index (κ3) is 1.97. The lowest BCUT2D eigenvalue weighted by Crippen LogP contribution is -2.42. The van der Waals surface area contributed by atoms with Crippen molar-refractivity contribution in [3.8, 4) is 0 Å². The third-order valence-electron chi connectivity index (χ3n) is 2.78. The molecular weight excluding hydrogens is 154 g/mol. The fourth-order valence-corrected chi connectivity index (χ4v) is 1.69. The van der Waals surface area contributed by atoms with Gasteiger partial charge in [0, 0.05) is 19.6 Å². The molecule has 1 rings (SSSR count). The first-order chi connectivity index (χ1) is 5.69. The van der Waals surface area contributed by atoms with Crippen LogP contribution >= 0.6 is 0 Å². The summed E-state index contributed by atoms with van der Waals surface area (Å²) in [5.41, 5.74) is 5.55. The quantitative estimate of drug-likeness (QED) is 0.677. The number of ether oxygens (including phenoxy) is 2. The van der Waals surface area contributed by atoms with Crippen molar-refractivity contribution >= 4 is 0 Å². The molecule has 0 amide bonds. The highest BCUT2D eigenvalue weighted by atomic mass is 16.7. The number of hydrogen-bond donors (Lipinski definition) is 1. The Hall–Kier alpha value is -0.120. The minimum Gasteiger partial charge on any atom is -0.356 e. The maximum absolute atomic E-state index is 5.62. The minimum absolute atomic E-state index is 0.0673. The van der Waals surface area contributed by atoms with Crippen molar-refractivity contribution in [2.24, 2.45) is 17.6 Å². The SMILES string of the molecule is CO[C@H]1OC(CN)C[C@H](C)C1C. The third-order valence-corrected chi connectivity index (χ3v) is 2.78. The van der Waals surface area contributed by atoms with Gasteiger partial charge in [0.05, 0.1) is 6.10 Å². The fourth-order valence-electron chi connectivity index (χ4n) is 1.69. The molecule has 72 valence electrons. The summed E-state index contributed by atoms with van der Waals surface area (Å²) in [6.07, 6.45) is 1.17. The van der Waals surface area contributed by atoms with Gasteiger partial charge < -0.3 is 15.2 Å². The predicted molar refractivity (Wildman–Crippen MR) is 47.7 cm³/mol. The lowest BCUT2D eigenvalue weighted by Gasteiger charge is -2.37. The molecule has 4 atom stereocenters. The molecule has 0 aromatic rings. The van der Waals surface area contributed by atoms with Crippen LogP contribution in [-0.4, -0.2) is 26.0 Å². The lowest BCUT2D eigenvalue weighted by molar-refractivity contribution is -0.216. The van der Waals surface area contributed by atoms with Gasteiger partial charge in [0.15, 0.2) is 6.29 Å². The Morgan fingerprint density at radius 3 is 2.67 bits per heavy atom. The highest BCUT2D eigenvalue weighted by molar-refractivity contribution is 4.77. The van der Waals surface area contributed by atoms with E-state index in [9.17, 15) is 0 Å². The van der Waals surface area contributed by atoms with Gasteiger partial charge in [0.25, 0.3) is 0 Å². The van der Waals surface area contributed by atoms with Crippen LogP contribution < -0.4 is 5.73 Å². The van der Waals surface area contributed by atoms with Gasteiger partial charge in [-0.1, -0.05) is 13.8 Å². The van der Waals surface area contributed by atoms with E-state index in [1.807, 2.05) is 0 Å². The lowest BCUT2D eigenvalue weighted by atomic mass is 9.87. The van der Waals surface area contributed by atoms with Crippen molar-refractivity contribution in [2.75, 3.05) is 13.7 Å². The molecule has 1 saturated heterocycles. The molecule has 0 saturated carbocycles. The van der Waals surface area contributed by atoms with Crippen molar-refractivity contribution in [1.29, 1.82) is 0 Å². The Labute approximate surface area is 74.2 Å². The van der Waals surface area contributed by atoms with Gasteiger partial charge in [-0.25, -0.2) is 0 Å². The van der Waals surface area contributed by atoms with Gasteiger partial charge >= 0.3 is 0 Å². The number of rotatable bonds is 2. The van der Waals surface area contributed by atoms with Gasteiger partial charge in [-0.15, -0.1) is 0 Å². The Kier molecular flexibility index (Phi) is 3.50. The van der Waals surface area contributed by atoms with Crippen LogP contribution in [0.5, 0.6) is 0 Å². The first-order valence-electron chi connectivity index (χ1n) is 4.57. The summed E-state index contributed by atoms with van der Waals surface area (Å²) in [7, 11) is 1.69. The molecule has 1 fully saturated rings. The van der Waals surface area contributed by atoms with E-state index in [4.69, 9.17) is 15.2 Å². The molecular formula is C9H19NO2. The molecule has 3 nitrogen and oxygen atoms in total. The molecule has 1 aliphatic heterocycles. The van der Waals surface area contributed by atoms with Gasteiger partial charge in [0.1, 0.15) is 0 Å². The average Bonchev–Trinajstić information content (AvgIpc) is 2.09. The van der Waals surface area contributed by atoms with Crippen LogP contribution in [0.15, 0.2) is 0 Å². The summed E-state index contributed by atoms with van der Waals surface area (Å²) in [5.74, 6) is 1.11. The molecule has 12 heavy (non-hydrogen) atoms. The zero-order chi connectivity index (χ0) is 9.14. The molecule has 0 bridgehead atoms. The highest BCUT2D eigenvalue weighted by Gasteiger charge is 2.32. The molecule has 2 N–H and O–H groups in total. The van der Waals surface area contributed by atoms with Crippen LogP contribution in [0.3, 0.4) is 0 Å². The van der Waals surface area contributed by atoms with Crippen LogP contribution in [0.25, 0.3) is 0 Å². The maximum Gasteiger partial charge on any atom is 0.160 e. The largest absolute Gasteiger partial charge is 0.356 e. The van der Waals surface area contributed by atoms with Crippen LogP contribution in [0, 0.1) is 11.8 Å². The van der Waals surface area contributed by atoms with E-state index < -0.39 is 0 Å². The Morgan fingerprint density at radius 2 is 2.17 bits per heavy atom. The Morgan fingerprint density at radius 1 is 1.50 bits per heavy atom. The summed E-state index contributed by atoms with van der Waals surface area (Å²) >= 11 is 0. The summed E-state index contributed by atoms with van der Waals surface area (Å²) in [5, 5.41) is 0. The van der Waals surface area contributed by atoms with Crippen LogP contribution in [0.1, 0.15) is 20.3 Å².